The first-order chi connectivity index (χ1) is 15.0. The van der Waals surface area contributed by atoms with Gasteiger partial charge in [0, 0.05) is 30.4 Å². The maximum absolute atomic E-state index is 13.2. The van der Waals surface area contributed by atoms with Crippen LogP contribution in [0.1, 0.15) is 35.4 Å². The molecule has 2 saturated carbocycles. The minimum absolute atomic E-state index is 0.215. The zero-order valence-electron chi connectivity index (χ0n) is 18.3. The number of likely N-dealkylation sites (N-methyl/N-ethyl adjacent to an activating group) is 1. The fraction of sp³-hybridized carbons (Fsp3) is 0.583. The lowest BCUT2D eigenvalue weighted by Gasteiger charge is -2.41. The molecule has 3 aliphatic rings. The van der Waals surface area contributed by atoms with Gasteiger partial charge >= 0.3 is 0 Å². The van der Waals surface area contributed by atoms with Crippen molar-refractivity contribution in [3.63, 3.8) is 0 Å². The summed E-state index contributed by atoms with van der Waals surface area (Å²) in [6, 6.07) is 10.8. The van der Waals surface area contributed by atoms with Crippen LogP contribution >= 0.6 is 11.3 Å². The summed E-state index contributed by atoms with van der Waals surface area (Å²) < 4.78 is 7.56. The van der Waals surface area contributed by atoms with Crippen LogP contribution in [-0.2, 0) is 9.53 Å². The molecule has 0 spiro atoms. The number of ether oxygens (including phenoxy) is 1. The number of carboxylic acid groups (broad SMARTS) is 1. The summed E-state index contributed by atoms with van der Waals surface area (Å²) in [6.07, 6.45) is 5.22. The van der Waals surface area contributed by atoms with E-state index in [4.69, 9.17) is 14.6 Å². The maximum atomic E-state index is 13.2. The van der Waals surface area contributed by atoms with Gasteiger partial charge in [0.05, 0.1) is 11.0 Å². The van der Waals surface area contributed by atoms with E-state index in [1.165, 1.54) is 22.9 Å². The maximum Gasteiger partial charge on any atom is 0.290 e. The van der Waals surface area contributed by atoms with E-state index in [1.807, 2.05) is 12.1 Å². The molecule has 1 aromatic carbocycles. The second-order valence-electron chi connectivity index (χ2n) is 9.30. The number of thiophene rings is 1. The third-order valence-corrected chi connectivity index (χ3v) is 8.02. The Kier molecular flexibility index (Phi) is 6.94. The van der Waals surface area contributed by atoms with Crippen LogP contribution in [0.3, 0.4) is 0 Å². The molecule has 1 saturated heterocycles. The Hall–Kier alpha value is -1.96. The van der Waals surface area contributed by atoms with Crippen LogP contribution in [0.4, 0.5) is 0 Å². The van der Waals surface area contributed by atoms with Crippen LogP contribution in [0.15, 0.2) is 30.3 Å². The standard InChI is InChI=1S/C23H30N2O2S.CH2O2/c1-24(2)19-9-17-12-25(13-18(17)10-20(19)27-14-15-7-8-15)23(26)22-11-16-5-3-4-6-21(16)28-22;2-1-3/h3-6,11,15,17-20H,7-10,12-14H2,1-2H3;1H,(H,2,3)/t17-,18+,19-,20-;/m1./s1. The molecule has 7 heteroatoms. The highest BCUT2D eigenvalue weighted by atomic mass is 32.1. The van der Waals surface area contributed by atoms with Gasteiger partial charge in [0.15, 0.2) is 0 Å². The van der Waals surface area contributed by atoms with Gasteiger partial charge in [-0.05, 0) is 75.1 Å². The summed E-state index contributed by atoms with van der Waals surface area (Å²) >= 11 is 1.63. The third kappa shape index (κ3) is 5.10. The summed E-state index contributed by atoms with van der Waals surface area (Å²) in [6.45, 7) is 2.47. The van der Waals surface area contributed by atoms with E-state index in [-0.39, 0.29) is 12.4 Å². The lowest BCUT2D eigenvalue weighted by Crippen LogP contribution is -2.48. The van der Waals surface area contributed by atoms with E-state index in [0.717, 1.165) is 43.3 Å². The number of nitrogens with zero attached hydrogens (tertiary/aromatic N) is 2. The van der Waals surface area contributed by atoms with Gasteiger partial charge in [-0.15, -0.1) is 11.3 Å². The Morgan fingerprint density at radius 3 is 2.55 bits per heavy atom. The number of hydrogen-bond donors (Lipinski definition) is 1. The molecule has 4 atom stereocenters. The summed E-state index contributed by atoms with van der Waals surface area (Å²) in [7, 11) is 4.35. The van der Waals surface area contributed by atoms with Crippen LogP contribution < -0.4 is 0 Å². The van der Waals surface area contributed by atoms with Crippen molar-refractivity contribution in [3.05, 3.63) is 35.2 Å². The molecule has 168 valence electrons. The second-order valence-corrected chi connectivity index (χ2v) is 10.4. The fourth-order valence-electron chi connectivity index (χ4n) is 5.07. The van der Waals surface area contributed by atoms with Crippen molar-refractivity contribution >= 4 is 33.8 Å². The molecule has 5 rings (SSSR count). The van der Waals surface area contributed by atoms with Crippen molar-refractivity contribution in [2.45, 2.75) is 37.8 Å². The van der Waals surface area contributed by atoms with E-state index in [1.54, 1.807) is 11.3 Å². The van der Waals surface area contributed by atoms with Gasteiger partial charge in [-0.25, -0.2) is 0 Å². The van der Waals surface area contributed by atoms with Crippen molar-refractivity contribution in [2.24, 2.45) is 17.8 Å². The summed E-state index contributed by atoms with van der Waals surface area (Å²) in [5.41, 5.74) is 0. The molecule has 1 aromatic heterocycles. The number of carbonyl (C=O) groups is 2. The first kappa shape index (κ1) is 22.2. The molecule has 1 N–H and O–H groups in total. The molecular weight excluding hydrogens is 412 g/mol. The topological polar surface area (TPSA) is 70.1 Å². The number of amides is 1. The number of carbonyl (C=O) groups excluding carboxylic acids is 1. The average molecular weight is 445 g/mol. The first-order valence-electron chi connectivity index (χ1n) is 11.1. The average Bonchev–Trinajstić information content (AvgIpc) is 3.33. The van der Waals surface area contributed by atoms with Crippen molar-refractivity contribution in [1.29, 1.82) is 0 Å². The van der Waals surface area contributed by atoms with Crippen molar-refractivity contribution < 1.29 is 19.4 Å². The van der Waals surface area contributed by atoms with E-state index < -0.39 is 0 Å². The molecule has 31 heavy (non-hydrogen) atoms. The second kappa shape index (κ2) is 9.67. The van der Waals surface area contributed by atoms with E-state index >= 15 is 0 Å². The number of likely N-dealkylation sites (tertiary alicyclic amines) is 1. The van der Waals surface area contributed by atoms with Crippen LogP contribution in [0, 0.1) is 17.8 Å². The summed E-state index contributed by atoms with van der Waals surface area (Å²) in [5, 5.41) is 8.06. The Bertz CT molecular complexity index is 877. The molecule has 3 fully saturated rings. The minimum atomic E-state index is -0.250. The number of fused-ring (bicyclic) bond motifs is 2. The van der Waals surface area contributed by atoms with Gasteiger partial charge < -0.3 is 19.6 Å². The molecule has 1 aliphatic heterocycles. The molecule has 0 radical (unpaired) electrons. The van der Waals surface area contributed by atoms with Crippen LogP contribution in [-0.4, -0.2) is 73.2 Å². The van der Waals surface area contributed by atoms with Crippen LogP contribution in [0.25, 0.3) is 10.1 Å². The highest BCUT2D eigenvalue weighted by Gasteiger charge is 2.45. The van der Waals surface area contributed by atoms with Crippen molar-refractivity contribution in [3.8, 4) is 0 Å². The predicted octanol–water partition coefficient (Wildman–Crippen LogP) is 3.81. The van der Waals surface area contributed by atoms with Gasteiger partial charge in [-0.1, -0.05) is 18.2 Å². The van der Waals surface area contributed by atoms with Gasteiger partial charge in [0.1, 0.15) is 0 Å². The Labute approximate surface area is 187 Å². The molecule has 0 unspecified atom stereocenters. The third-order valence-electron chi connectivity index (χ3n) is 6.91. The van der Waals surface area contributed by atoms with Gasteiger partial charge in [-0.2, -0.15) is 0 Å². The van der Waals surface area contributed by atoms with Crippen LogP contribution in [0.2, 0.25) is 0 Å². The Morgan fingerprint density at radius 2 is 1.90 bits per heavy atom. The van der Waals surface area contributed by atoms with E-state index in [0.29, 0.717) is 24.0 Å². The van der Waals surface area contributed by atoms with Gasteiger partial charge in [-0.3, -0.25) is 9.59 Å². The quantitative estimate of drug-likeness (QED) is 0.710. The summed E-state index contributed by atoms with van der Waals surface area (Å²) in [4.78, 5) is 26.9. The molecule has 2 aliphatic carbocycles. The molecule has 2 heterocycles. The van der Waals surface area contributed by atoms with Gasteiger partial charge in [0.25, 0.3) is 12.4 Å². The zero-order valence-corrected chi connectivity index (χ0v) is 19.1. The zero-order chi connectivity index (χ0) is 22.0. The smallest absolute Gasteiger partial charge is 0.290 e. The molecule has 1 amide bonds. The fourth-order valence-corrected chi connectivity index (χ4v) is 6.10. The number of benzene rings is 1. The minimum Gasteiger partial charge on any atom is -0.483 e. The Morgan fingerprint density at radius 1 is 1.23 bits per heavy atom. The number of hydrogen-bond acceptors (Lipinski definition) is 5. The molecule has 2 aromatic rings. The lowest BCUT2D eigenvalue weighted by molar-refractivity contribution is -0.122. The van der Waals surface area contributed by atoms with E-state index in [2.05, 4.69) is 42.1 Å². The normalized spacial score (nSPS) is 27.6. The SMILES string of the molecule is CN(C)[C@@H]1C[C@@H]2CN(C(=O)c3cc4ccccc4s3)C[C@@H]2C[C@H]1OCC1CC1.O=CO. The first-order valence-corrected chi connectivity index (χ1v) is 12.0. The molecular formula is C24H32N2O4S. The number of rotatable bonds is 5. The highest BCUT2D eigenvalue weighted by Crippen LogP contribution is 2.41. The highest BCUT2D eigenvalue weighted by molar-refractivity contribution is 7.20. The van der Waals surface area contributed by atoms with Crippen molar-refractivity contribution in [1.82, 2.24) is 9.80 Å². The largest absolute Gasteiger partial charge is 0.483 e. The molecule has 0 bridgehead atoms. The monoisotopic (exact) mass is 444 g/mol. The van der Waals surface area contributed by atoms with Gasteiger partial charge in [0.2, 0.25) is 0 Å². The van der Waals surface area contributed by atoms with Crippen LogP contribution in [0.5, 0.6) is 0 Å². The van der Waals surface area contributed by atoms with Crippen molar-refractivity contribution in [2.75, 3.05) is 33.8 Å². The van der Waals surface area contributed by atoms with E-state index in [9.17, 15) is 4.79 Å². The predicted molar refractivity (Wildman–Crippen MR) is 123 cm³/mol. The summed E-state index contributed by atoms with van der Waals surface area (Å²) in [5.74, 6) is 2.20. The Balaban J connectivity index is 0.000000730. The lowest BCUT2D eigenvalue weighted by atomic mass is 9.77. The molecule has 6 nitrogen and oxygen atoms in total.